The summed E-state index contributed by atoms with van der Waals surface area (Å²) in [6, 6.07) is -0.00711. The van der Waals surface area contributed by atoms with Gasteiger partial charge in [0, 0.05) is 12.6 Å². The Morgan fingerprint density at radius 3 is 2.67 bits per heavy atom. The van der Waals surface area contributed by atoms with Crippen molar-refractivity contribution in [2.24, 2.45) is 0 Å². The van der Waals surface area contributed by atoms with E-state index in [1.807, 2.05) is 13.8 Å². The van der Waals surface area contributed by atoms with Crippen LogP contribution in [0.3, 0.4) is 0 Å². The molecule has 86 valence electrons. The second-order valence-corrected chi connectivity index (χ2v) is 4.12. The molecule has 0 radical (unpaired) electrons. The smallest absolute Gasteiger partial charge is 0.246 e. The van der Waals surface area contributed by atoms with Gasteiger partial charge in [-0.05, 0) is 19.8 Å². The minimum atomic E-state index is -0.293. The summed E-state index contributed by atoms with van der Waals surface area (Å²) in [5, 5.41) is 3.19. The van der Waals surface area contributed by atoms with Gasteiger partial charge in [-0.25, -0.2) is 0 Å². The summed E-state index contributed by atoms with van der Waals surface area (Å²) in [6.07, 6.45) is 2.11. The molecule has 15 heavy (non-hydrogen) atoms. The molecule has 1 rings (SSSR count). The zero-order valence-electron chi connectivity index (χ0n) is 9.75. The first-order chi connectivity index (χ1) is 7.10. The van der Waals surface area contributed by atoms with E-state index < -0.39 is 0 Å². The van der Waals surface area contributed by atoms with Crippen molar-refractivity contribution >= 4 is 11.8 Å². The van der Waals surface area contributed by atoms with Crippen molar-refractivity contribution in [3.8, 4) is 0 Å². The molecule has 0 aromatic rings. The lowest BCUT2D eigenvalue weighted by atomic mass is 10.2. The molecule has 2 unspecified atom stereocenters. The summed E-state index contributed by atoms with van der Waals surface area (Å²) in [4.78, 5) is 24.7. The fourth-order valence-electron chi connectivity index (χ4n) is 1.73. The van der Waals surface area contributed by atoms with Crippen LogP contribution >= 0.6 is 0 Å². The summed E-state index contributed by atoms with van der Waals surface area (Å²) in [6.45, 7) is 6.61. The number of imide groups is 1. The van der Waals surface area contributed by atoms with Gasteiger partial charge in [-0.3, -0.25) is 14.5 Å². The molecule has 2 atom stereocenters. The third-order valence-corrected chi connectivity index (χ3v) is 2.79. The number of nitrogens with zero attached hydrogens (tertiary/aromatic N) is 1. The maximum Gasteiger partial charge on any atom is 0.246 e. The minimum Gasteiger partial charge on any atom is -0.303 e. The molecule has 1 N–H and O–H groups in total. The molecule has 1 aliphatic rings. The molecule has 0 aliphatic carbocycles. The number of nitrogens with one attached hydrogen (secondary N) is 1. The van der Waals surface area contributed by atoms with Gasteiger partial charge in [-0.2, -0.15) is 0 Å². The van der Waals surface area contributed by atoms with Gasteiger partial charge in [0.2, 0.25) is 11.8 Å². The molecule has 0 spiro atoms. The van der Waals surface area contributed by atoms with Crippen LogP contribution in [-0.4, -0.2) is 35.3 Å². The zero-order valence-corrected chi connectivity index (χ0v) is 9.75. The number of likely N-dealkylation sites (tertiary alicyclic amines) is 1. The molecule has 0 bridgehead atoms. The van der Waals surface area contributed by atoms with E-state index in [2.05, 4.69) is 12.2 Å². The predicted octanol–water partition coefficient (Wildman–Crippen LogP) is 0.912. The number of amides is 2. The second kappa shape index (κ2) is 5.26. The minimum absolute atomic E-state index is 0.0392. The molecular weight excluding hydrogens is 192 g/mol. The average molecular weight is 212 g/mol. The van der Waals surface area contributed by atoms with Gasteiger partial charge >= 0.3 is 0 Å². The van der Waals surface area contributed by atoms with E-state index in [1.54, 1.807) is 0 Å². The Hall–Kier alpha value is -0.900. The molecule has 2 amide bonds. The van der Waals surface area contributed by atoms with Crippen molar-refractivity contribution in [3.05, 3.63) is 0 Å². The second-order valence-electron chi connectivity index (χ2n) is 4.12. The Bertz CT molecular complexity index is 253. The maximum atomic E-state index is 11.8. The van der Waals surface area contributed by atoms with E-state index in [1.165, 1.54) is 4.90 Å². The lowest BCUT2D eigenvalue weighted by Crippen LogP contribution is -2.42. The third-order valence-electron chi connectivity index (χ3n) is 2.79. The van der Waals surface area contributed by atoms with Gasteiger partial charge in [0.25, 0.3) is 0 Å². The molecule has 4 nitrogen and oxygen atoms in total. The molecule has 0 aromatic heterocycles. The highest BCUT2D eigenvalue weighted by molar-refractivity contribution is 6.05. The Morgan fingerprint density at radius 2 is 2.13 bits per heavy atom. The van der Waals surface area contributed by atoms with Gasteiger partial charge in [0.15, 0.2) is 0 Å². The summed E-state index contributed by atoms with van der Waals surface area (Å²) in [5.41, 5.74) is 0. The van der Waals surface area contributed by atoms with Crippen LogP contribution in [0.1, 0.15) is 40.0 Å². The van der Waals surface area contributed by atoms with Crippen LogP contribution in [0.25, 0.3) is 0 Å². The number of carbonyl (C=O) groups is 2. The zero-order chi connectivity index (χ0) is 11.4. The normalized spacial score (nSPS) is 23.7. The monoisotopic (exact) mass is 212 g/mol. The summed E-state index contributed by atoms with van der Waals surface area (Å²) in [7, 11) is 0. The molecule has 1 fully saturated rings. The van der Waals surface area contributed by atoms with Crippen molar-refractivity contribution in [2.45, 2.75) is 52.1 Å². The van der Waals surface area contributed by atoms with Gasteiger partial charge in [-0.1, -0.05) is 13.8 Å². The largest absolute Gasteiger partial charge is 0.303 e. The highest BCUT2D eigenvalue weighted by Crippen LogP contribution is 2.14. The molecule has 4 heteroatoms. The standard InChI is InChI=1S/C11H20N2O2/c1-4-6-13-10(14)7-9(11(13)15)12-8(3)5-2/h8-9,12H,4-7H2,1-3H3. The molecule has 0 aromatic carbocycles. The highest BCUT2D eigenvalue weighted by Gasteiger charge is 2.37. The van der Waals surface area contributed by atoms with Crippen molar-refractivity contribution in [1.82, 2.24) is 10.2 Å². The highest BCUT2D eigenvalue weighted by atomic mass is 16.2. The Kier molecular flexibility index (Phi) is 4.27. The van der Waals surface area contributed by atoms with Gasteiger partial charge in [-0.15, -0.1) is 0 Å². The van der Waals surface area contributed by atoms with Crippen LogP contribution in [0.4, 0.5) is 0 Å². The SMILES string of the molecule is CCCN1C(=O)CC(NC(C)CC)C1=O. The first-order valence-electron chi connectivity index (χ1n) is 5.70. The van der Waals surface area contributed by atoms with Crippen LogP contribution in [0.15, 0.2) is 0 Å². The predicted molar refractivity (Wildman–Crippen MR) is 58.3 cm³/mol. The van der Waals surface area contributed by atoms with Crippen LogP contribution in [0.2, 0.25) is 0 Å². The molecule has 1 saturated heterocycles. The van der Waals surface area contributed by atoms with Crippen molar-refractivity contribution in [3.63, 3.8) is 0 Å². The Balaban J connectivity index is 2.56. The third kappa shape index (κ3) is 2.78. The first-order valence-corrected chi connectivity index (χ1v) is 5.70. The quantitative estimate of drug-likeness (QED) is 0.689. The van der Waals surface area contributed by atoms with E-state index in [-0.39, 0.29) is 23.9 Å². The van der Waals surface area contributed by atoms with Gasteiger partial charge in [0.1, 0.15) is 0 Å². The van der Waals surface area contributed by atoms with E-state index in [0.717, 1.165) is 12.8 Å². The van der Waals surface area contributed by atoms with Crippen molar-refractivity contribution in [1.29, 1.82) is 0 Å². The maximum absolute atomic E-state index is 11.8. The average Bonchev–Trinajstić information content (AvgIpc) is 2.46. The van der Waals surface area contributed by atoms with E-state index in [4.69, 9.17) is 0 Å². The fraction of sp³-hybridized carbons (Fsp3) is 0.818. The molecular formula is C11H20N2O2. The number of hydrogen-bond donors (Lipinski definition) is 1. The molecule has 1 heterocycles. The van der Waals surface area contributed by atoms with Crippen LogP contribution in [0, 0.1) is 0 Å². The van der Waals surface area contributed by atoms with Crippen LogP contribution in [-0.2, 0) is 9.59 Å². The van der Waals surface area contributed by atoms with Crippen molar-refractivity contribution < 1.29 is 9.59 Å². The summed E-state index contributed by atoms with van der Waals surface area (Å²) >= 11 is 0. The Labute approximate surface area is 91.0 Å². The van der Waals surface area contributed by atoms with E-state index >= 15 is 0 Å². The Morgan fingerprint density at radius 1 is 1.47 bits per heavy atom. The van der Waals surface area contributed by atoms with E-state index in [0.29, 0.717) is 13.0 Å². The number of hydrogen-bond acceptors (Lipinski definition) is 3. The first kappa shape index (κ1) is 12.2. The number of carbonyl (C=O) groups excluding carboxylic acids is 2. The topological polar surface area (TPSA) is 49.4 Å². The van der Waals surface area contributed by atoms with E-state index in [9.17, 15) is 9.59 Å². The van der Waals surface area contributed by atoms with Crippen LogP contribution in [0.5, 0.6) is 0 Å². The fourth-order valence-corrected chi connectivity index (χ4v) is 1.73. The number of rotatable bonds is 5. The van der Waals surface area contributed by atoms with Crippen LogP contribution < -0.4 is 5.32 Å². The summed E-state index contributed by atoms with van der Waals surface area (Å²) in [5.74, 6) is -0.0928. The van der Waals surface area contributed by atoms with Gasteiger partial charge in [0.05, 0.1) is 12.5 Å². The lowest BCUT2D eigenvalue weighted by molar-refractivity contribution is -0.138. The van der Waals surface area contributed by atoms with Gasteiger partial charge < -0.3 is 5.32 Å². The lowest BCUT2D eigenvalue weighted by Gasteiger charge is -2.17. The summed E-state index contributed by atoms with van der Waals surface area (Å²) < 4.78 is 0. The molecule has 1 aliphatic heterocycles. The van der Waals surface area contributed by atoms with Crippen molar-refractivity contribution in [2.75, 3.05) is 6.54 Å². The molecule has 0 saturated carbocycles.